The first-order valence-electron chi connectivity index (χ1n) is 6.84. The van der Waals surface area contributed by atoms with Gasteiger partial charge in [0.15, 0.2) is 0 Å². The third-order valence-electron chi connectivity index (χ3n) is 3.60. The van der Waals surface area contributed by atoms with Gasteiger partial charge in [-0.2, -0.15) is 0 Å². The topological polar surface area (TPSA) is 0 Å². The van der Waals surface area contributed by atoms with Crippen molar-refractivity contribution in [2.75, 3.05) is 0 Å². The fraction of sp³-hybridized carbons (Fsp3) is 0.333. The van der Waals surface area contributed by atoms with Crippen LogP contribution in [0.2, 0.25) is 0 Å². The third kappa shape index (κ3) is 3.73. The summed E-state index contributed by atoms with van der Waals surface area (Å²) >= 11 is 0. The molecular weight excluding hydrogens is 216 g/mol. The molecule has 0 saturated heterocycles. The van der Waals surface area contributed by atoms with Crippen molar-refractivity contribution in [1.29, 1.82) is 0 Å². The molecule has 0 heteroatoms. The fourth-order valence-electron chi connectivity index (χ4n) is 2.37. The Morgan fingerprint density at radius 1 is 0.889 bits per heavy atom. The van der Waals surface area contributed by atoms with E-state index in [0.29, 0.717) is 0 Å². The van der Waals surface area contributed by atoms with Crippen LogP contribution in [-0.2, 0) is 12.8 Å². The van der Waals surface area contributed by atoms with Crippen molar-refractivity contribution in [1.82, 2.24) is 0 Å². The molecule has 94 valence electrons. The zero-order valence-electron chi connectivity index (χ0n) is 11.4. The smallest absolute Gasteiger partial charge is 0.0250 e. The van der Waals surface area contributed by atoms with Gasteiger partial charge in [-0.1, -0.05) is 61.5 Å². The van der Waals surface area contributed by atoms with Gasteiger partial charge in [-0.25, -0.2) is 0 Å². The molecule has 0 saturated carbocycles. The van der Waals surface area contributed by atoms with E-state index in [2.05, 4.69) is 68.4 Å². The van der Waals surface area contributed by atoms with Crippen LogP contribution in [0.25, 0.3) is 0 Å². The maximum absolute atomic E-state index is 2.36. The largest absolute Gasteiger partial charge is 0.0622 e. The van der Waals surface area contributed by atoms with Gasteiger partial charge in [0.05, 0.1) is 0 Å². The molecule has 0 heterocycles. The van der Waals surface area contributed by atoms with Gasteiger partial charge in [-0.05, 0) is 48.8 Å². The highest BCUT2D eigenvalue weighted by atomic mass is 14.1. The van der Waals surface area contributed by atoms with Crippen molar-refractivity contribution in [3.05, 3.63) is 71.3 Å². The van der Waals surface area contributed by atoms with Crippen LogP contribution in [0.5, 0.6) is 0 Å². The Morgan fingerprint density at radius 3 is 2.28 bits per heavy atom. The molecular formula is C18H22. The monoisotopic (exact) mass is 238 g/mol. The molecule has 0 bridgehead atoms. The van der Waals surface area contributed by atoms with Gasteiger partial charge in [0.25, 0.3) is 0 Å². The van der Waals surface area contributed by atoms with Gasteiger partial charge < -0.3 is 0 Å². The summed E-state index contributed by atoms with van der Waals surface area (Å²) in [6.07, 6.45) is 3.64. The summed E-state index contributed by atoms with van der Waals surface area (Å²) in [5.74, 6) is 0.742. The van der Waals surface area contributed by atoms with E-state index >= 15 is 0 Å². The normalized spacial score (nSPS) is 12.3. The molecule has 0 aliphatic heterocycles. The number of hydrogen-bond donors (Lipinski definition) is 0. The minimum atomic E-state index is 0.742. The molecule has 2 aromatic carbocycles. The van der Waals surface area contributed by atoms with Crippen LogP contribution in [0.15, 0.2) is 54.6 Å². The van der Waals surface area contributed by atoms with Crippen LogP contribution >= 0.6 is 0 Å². The van der Waals surface area contributed by atoms with E-state index in [1.54, 1.807) is 0 Å². The van der Waals surface area contributed by atoms with Crippen molar-refractivity contribution >= 4 is 0 Å². The second-order valence-corrected chi connectivity index (χ2v) is 5.26. The number of aryl methyl sites for hydroxylation is 2. The van der Waals surface area contributed by atoms with Gasteiger partial charge in [0, 0.05) is 0 Å². The summed E-state index contributed by atoms with van der Waals surface area (Å²) in [7, 11) is 0. The van der Waals surface area contributed by atoms with Crippen LogP contribution in [0.1, 0.15) is 30.0 Å². The summed E-state index contributed by atoms with van der Waals surface area (Å²) in [5, 5.41) is 0. The predicted octanol–water partition coefficient (Wildman–Crippen LogP) is 4.81. The second kappa shape index (κ2) is 6.39. The summed E-state index contributed by atoms with van der Waals surface area (Å²) in [4.78, 5) is 0. The minimum Gasteiger partial charge on any atom is -0.0622 e. The molecule has 0 nitrogen and oxygen atoms in total. The lowest BCUT2D eigenvalue weighted by Crippen LogP contribution is -2.03. The Hall–Kier alpha value is -1.56. The van der Waals surface area contributed by atoms with Gasteiger partial charge in [0.1, 0.15) is 0 Å². The van der Waals surface area contributed by atoms with Crippen molar-refractivity contribution in [3.63, 3.8) is 0 Å². The second-order valence-electron chi connectivity index (χ2n) is 5.26. The Kier molecular flexibility index (Phi) is 4.58. The molecule has 0 aromatic heterocycles. The quantitative estimate of drug-likeness (QED) is 0.701. The van der Waals surface area contributed by atoms with E-state index < -0.39 is 0 Å². The van der Waals surface area contributed by atoms with Gasteiger partial charge in [-0.3, -0.25) is 0 Å². The van der Waals surface area contributed by atoms with E-state index in [4.69, 9.17) is 0 Å². The Labute approximate surface area is 111 Å². The van der Waals surface area contributed by atoms with Crippen molar-refractivity contribution in [2.45, 2.75) is 33.1 Å². The van der Waals surface area contributed by atoms with Crippen molar-refractivity contribution < 1.29 is 0 Å². The molecule has 0 aliphatic carbocycles. The van der Waals surface area contributed by atoms with E-state index in [-0.39, 0.29) is 0 Å². The molecule has 0 spiro atoms. The first kappa shape index (κ1) is 12.9. The summed E-state index contributed by atoms with van der Waals surface area (Å²) in [6, 6.07) is 19.5. The minimum absolute atomic E-state index is 0.742. The first-order chi connectivity index (χ1) is 8.75. The Balaban J connectivity index is 1.86. The fourth-order valence-corrected chi connectivity index (χ4v) is 2.37. The van der Waals surface area contributed by atoms with Crippen molar-refractivity contribution in [2.24, 2.45) is 5.92 Å². The lowest BCUT2D eigenvalue weighted by molar-refractivity contribution is 0.529. The average Bonchev–Trinajstić information content (AvgIpc) is 2.40. The third-order valence-corrected chi connectivity index (χ3v) is 3.60. The lowest BCUT2D eigenvalue weighted by atomic mass is 9.92. The van der Waals surface area contributed by atoms with Crippen molar-refractivity contribution in [3.8, 4) is 0 Å². The molecule has 2 rings (SSSR count). The zero-order chi connectivity index (χ0) is 12.8. The average molecular weight is 238 g/mol. The zero-order valence-corrected chi connectivity index (χ0v) is 11.4. The number of rotatable bonds is 5. The number of hydrogen-bond acceptors (Lipinski definition) is 0. The highest BCUT2D eigenvalue weighted by Gasteiger charge is 2.05. The van der Waals surface area contributed by atoms with E-state index in [0.717, 1.165) is 5.92 Å². The predicted molar refractivity (Wildman–Crippen MR) is 78.8 cm³/mol. The molecule has 0 N–H and O–H groups in total. The molecule has 0 aliphatic rings. The maximum atomic E-state index is 2.36. The van der Waals surface area contributed by atoms with Crippen LogP contribution < -0.4 is 0 Å². The number of benzene rings is 2. The summed E-state index contributed by atoms with van der Waals surface area (Å²) < 4.78 is 0. The molecule has 2 aromatic rings. The maximum Gasteiger partial charge on any atom is -0.0250 e. The SMILES string of the molecule is Cc1ccccc1CC(C)CCc1ccccc1. The molecule has 0 radical (unpaired) electrons. The van der Waals surface area contributed by atoms with E-state index in [1.165, 1.54) is 36.0 Å². The van der Waals surface area contributed by atoms with Gasteiger partial charge in [0.2, 0.25) is 0 Å². The van der Waals surface area contributed by atoms with E-state index in [1.807, 2.05) is 0 Å². The summed E-state index contributed by atoms with van der Waals surface area (Å²) in [5.41, 5.74) is 4.37. The van der Waals surface area contributed by atoms with Crippen LogP contribution in [0, 0.1) is 12.8 Å². The molecule has 0 fully saturated rings. The van der Waals surface area contributed by atoms with Gasteiger partial charge >= 0.3 is 0 Å². The Morgan fingerprint density at radius 2 is 1.56 bits per heavy atom. The van der Waals surface area contributed by atoms with E-state index in [9.17, 15) is 0 Å². The van der Waals surface area contributed by atoms with Crippen LogP contribution in [-0.4, -0.2) is 0 Å². The highest BCUT2D eigenvalue weighted by Crippen LogP contribution is 2.17. The standard InChI is InChI=1S/C18H22/c1-15(12-13-17-9-4-3-5-10-17)14-18-11-7-6-8-16(18)2/h3-11,15H,12-14H2,1-2H3. The van der Waals surface area contributed by atoms with Gasteiger partial charge in [-0.15, -0.1) is 0 Å². The first-order valence-corrected chi connectivity index (χ1v) is 6.84. The summed E-state index contributed by atoms with van der Waals surface area (Å²) in [6.45, 7) is 4.56. The molecule has 0 amide bonds. The Bertz CT molecular complexity index is 470. The molecule has 18 heavy (non-hydrogen) atoms. The molecule has 1 unspecified atom stereocenters. The molecule has 1 atom stereocenters. The van der Waals surface area contributed by atoms with Crippen LogP contribution in [0.3, 0.4) is 0 Å². The lowest BCUT2D eigenvalue weighted by Gasteiger charge is -2.13. The van der Waals surface area contributed by atoms with Crippen LogP contribution in [0.4, 0.5) is 0 Å². The highest BCUT2D eigenvalue weighted by molar-refractivity contribution is 5.26.